The first-order valence-electron chi connectivity index (χ1n) is 3.15. The van der Waals surface area contributed by atoms with Crippen molar-refractivity contribution in [1.29, 1.82) is 5.26 Å². The van der Waals surface area contributed by atoms with Gasteiger partial charge in [0.1, 0.15) is 0 Å². The molecule has 0 bridgehead atoms. The molecule has 1 heterocycles. The molecular formula is C6H10N2O. The minimum Gasteiger partial charge on any atom is -0.391 e. The molecule has 3 heteroatoms. The molecule has 0 radical (unpaired) electrons. The van der Waals surface area contributed by atoms with E-state index >= 15 is 0 Å². The number of β-amino-alcohol motifs (C(OH)–C–C–N with tert-alkyl or cyclic N) is 1. The summed E-state index contributed by atoms with van der Waals surface area (Å²) in [5, 5.41) is 17.4. The van der Waals surface area contributed by atoms with Crippen LogP contribution < -0.4 is 0 Å². The van der Waals surface area contributed by atoms with Gasteiger partial charge in [-0.05, 0) is 12.8 Å². The van der Waals surface area contributed by atoms with Crippen LogP contribution in [0.4, 0.5) is 0 Å². The first-order chi connectivity index (χ1) is 4.33. The highest BCUT2D eigenvalue weighted by Crippen LogP contribution is 2.07. The number of aliphatic hydroxyl groups excluding tert-OH is 1. The zero-order chi connectivity index (χ0) is 6.69. The highest BCUT2D eigenvalue weighted by molar-refractivity contribution is 4.80. The van der Waals surface area contributed by atoms with E-state index < -0.39 is 0 Å². The van der Waals surface area contributed by atoms with Gasteiger partial charge in [-0.1, -0.05) is 0 Å². The van der Waals surface area contributed by atoms with Crippen LogP contribution in [0.1, 0.15) is 12.8 Å². The van der Waals surface area contributed by atoms with Crippen LogP contribution in [0.2, 0.25) is 0 Å². The molecule has 3 nitrogen and oxygen atoms in total. The van der Waals surface area contributed by atoms with Crippen molar-refractivity contribution in [3.63, 3.8) is 0 Å². The summed E-state index contributed by atoms with van der Waals surface area (Å²) in [6.45, 7) is 1.34. The summed E-state index contributed by atoms with van der Waals surface area (Å²) in [6, 6.07) is 0. The lowest BCUT2D eigenvalue weighted by Gasteiger charge is -2.24. The van der Waals surface area contributed by atoms with Crippen molar-refractivity contribution >= 4 is 0 Å². The molecule has 1 unspecified atom stereocenters. The van der Waals surface area contributed by atoms with Crippen LogP contribution in [0.15, 0.2) is 0 Å². The van der Waals surface area contributed by atoms with Crippen molar-refractivity contribution in [1.82, 2.24) is 4.90 Å². The fourth-order valence-corrected chi connectivity index (χ4v) is 1.05. The van der Waals surface area contributed by atoms with Gasteiger partial charge in [-0.25, -0.2) is 0 Å². The van der Waals surface area contributed by atoms with E-state index in [1.54, 1.807) is 4.90 Å². The lowest BCUT2D eigenvalue weighted by Crippen LogP contribution is -2.34. The molecule has 0 aliphatic carbocycles. The van der Waals surface area contributed by atoms with Crippen LogP contribution in [0.25, 0.3) is 0 Å². The molecule has 1 aliphatic heterocycles. The normalized spacial score (nSPS) is 27.6. The second-order valence-corrected chi connectivity index (χ2v) is 2.34. The van der Waals surface area contributed by atoms with Gasteiger partial charge in [0.05, 0.1) is 12.6 Å². The molecule has 1 aliphatic rings. The first-order valence-corrected chi connectivity index (χ1v) is 3.15. The Bertz CT molecular complexity index is 130. The van der Waals surface area contributed by atoms with Gasteiger partial charge in [0, 0.05) is 6.54 Å². The third-order valence-corrected chi connectivity index (χ3v) is 1.54. The van der Waals surface area contributed by atoms with Gasteiger partial charge in [0.15, 0.2) is 6.19 Å². The van der Waals surface area contributed by atoms with Crippen LogP contribution in [0.5, 0.6) is 0 Å². The fourth-order valence-electron chi connectivity index (χ4n) is 1.05. The largest absolute Gasteiger partial charge is 0.391 e. The predicted molar refractivity (Wildman–Crippen MR) is 32.4 cm³/mol. The zero-order valence-electron chi connectivity index (χ0n) is 5.25. The third kappa shape index (κ3) is 1.58. The molecule has 0 spiro atoms. The molecule has 1 N–H and O–H groups in total. The van der Waals surface area contributed by atoms with Crippen molar-refractivity contribution in [2.24, 2.45) is 0 Å². The Balaban J connectivity index is 2.34. The standard InChI is InChI=1S/C6H10N2O/c7-5-8-3-1-2-6(9)4-8/h6,9H,1-4H2. The molecule has 50 valence electrons. The van der Waals surface area contributed by atoms with Crippen molar-refractivity contribution in [3.8, 4) is 6.19 Å². The van der Waals surface area contributed by atoms with Crippen molar-refractivity contribution < 1.29 is 5.11 Å². The van der Waals surface area contributed by atoms with Crippen LogP contribution >= 0.6 is 0 Å². The zero-order valence-corrected chi connectivity index (χ0v) is 5.25. The fraction of sp³-hybridized carbons (Fsp3) is 0.833. The summed E-state index contributed by atoms with van der Waals surface area (Å²) in [4.78, 5) is 1.59. The van der Waals surface area contributed by atoms with Crippen molar-refractivity contribution in [2.75, 3.05) is 13.1 Å². The average Bonchev–Trinajstić information content (AvgIpc) is 1.88. The quantitative estimate of drug-likeness (QED) is 0.462. The summed E-state index contributed by atoms with van der Waals surface area (Å²) in [6.07, 6.45) is 3.51. The van der Waals surface area contributed by atoms with E-state index in [1.165, 1.54) is 0 Å². The first kappa shape index (κ1) is 6.37. The molecular weight excluding hydrogens is 116 g/mol. The number of piperidine rings is 1. The van der Waals surface area contributed by atoms with E-state index in [-0.39, 0.29) is 6.10 Å². The molecule has 9 heavy (non-hydrogen) atoms. The Kier molecular flexibility index (Phi) is 1.91. The summed E-state index contributed by atoms with van der Waals surface area (Å²) < 4.78 is 0. The van der Waals surface area contributed by atoms with E-state index in [0.717, 1.165) is 19.4 Å². The molecule has 1 atom stereocenters. The summed E-state index contributed by atoms with van der Waals surface area (Å²) in [5.41, 5.74) is 0. The third-order valence-electron chi connectivity index (χ3n) is 1.54. The minimum atomic E-state index is -0.279. The molecule has 0 aromatic heterocycles. The Morgan fingerprint density at radius 1 is 1.67 bits per heavy atom. The predicted octanol–water partition coefficient (Wildman–Crippen LogP) is -0.0758. The Labute approximate surface area is 54.5 Å². The number of likely N-dealkylation sites (tertiary alicyclic amines) is 1. The summed E-state index contributed by atoms with van der Waals surface area (Å²) in [5.74, 6) is 0. The highest BCUT2D eigenvalue weighted by Gasteiger charge is 2.15. The second kappa shape index (κ2) is 2.70. The smallest absolute Gasteiger partial charge is 0.179 e. The van der Waals surface area contributed by atoms with Crippen LogP contribution in [-0.4, -0.2) is 29.2 Å². The molecule has 0 aromatic carbocycles. The van der Waals surface area contributed by atoms with Crippen LogP contribution in [-0.2, 0) is 0 Å². The van der Waals surface area contributed by atoms with Crippen molar-refractivity contribution in [2.45, 2.75) is 18.9 Å². The average molecular weight is 126 g/mol. The number of nitrogens with zero attached hydrogens (tertiary/aromatic N) is 2. The summed E-state index contributed by atoms with van der Waals surface area (Å²) in [7, 11) is 0. The lowest BCUT2D eigenvalue weighted by atomic mass is 10.1. The summed E-state index contributed by atoms with van der Waals surface area (Å²) >= 11 is 0. The van der Waals surface area contributed by atoms with Crippen LogP contribution in [0.3, 0.4) is 0 Å². The maximum absolute atomic E-state index is 9.02. The Morgan fingerprint density at radius 2 is 2.44 bits per heavy atom. The molecule has 1 rings (SSSR count). The van der Waals surface area contributed by atoms with E-state index in [4.69, 9.17) is 10.4 Å². The number of rotatable bonds is 0. The maximum atomic E-state index is 9.02. The Hall–Kier alpha value is -0.750. The van der Waals surface area contributed by atoms with Gasteiger partial charge >= 0.3 is 0 Å². The SMILES string of the molecule is N#CN1CCCC(O)C1. The minimum absolute atomic E-state index is 0.279. The molecule has 0 saturated carbocycles. The second-order valence-electron chi connectivity index (χ2n) is 2.34. The Morgan fingerprint density at radius 3 is 2.89 bits per heavy atom. The maximum Gasteiger partial charge on any atom is 0.179 e. The monoisotopic (exact) mass is 126 g/mol. The van der Waals surface area contributed by atoms with Gasteiger partial charge in [-0.15, -0.1) is 0 Å². The van der Waals surface area contributed by atoms with Gasteiger partial charge in [0.2, 0.25) is 0 Å². The molecule has 1 fully saturated rings. The molecule has 1 saturated heterocycles. The lowest BCUT2D eigenvalue weighted by molar-refractivity contribution is 0.0977. The topological polar surface area (TPSA) is 47.3 Å². The van der Waals surface area contributed by atoms with Gasteiger partial charge in [-0.2, -0.15) is 5.26 Å². The number of nitriles is 1. The van der Waals surface area contributed by atoms with E-state index in [1.807, 2.05) is 6.19 Å². The van der Waals surface area contributed by atoms with Gasteiger partial charge in [0.25, 0.3) is 0 Å². The van der Waals surface area contributed by atoms with Crippen molar-refractivity contribution in [3.05, 3.63) is 0 Å². The van der Waals surface area contributed by atoms with E-state index in [9.17, 15) is 0 Å². The van der Waals surface area contributed by atoms with Gasteiger partial charge in [-0.3, -0.25) is 0 Å². The molecule has 0 amide bonds. The highest BCUT2D eigenvalue weighted by atomic mass is 16.3. The number of aliphatic hydroxyl groups is 1. The van der Waals surface area contributed by atoms with E-state index in [2.05, 4.69) is 0 Å². The van der Waals surface area contributed by atoms with Gasteiger partial charge < -0.3 is 10.0 Å². The number of hydrogen-bond donors (Lipinski definition) is 1. The van der Waals surface area contributed by atoms with E-state index in [0.29, 0.717) is 6.54 Å². The molecule has 0 aromatic rings. The number of hydrogen-bond acceptors (Lipinski definition) is 3. The van der Waals surface area contributed by atoms with Crippen LogP contribution in [0, 0.1) is 11.5 Å².